The van der Waals surface area contributed by atoms with Crippen LogP contribution >= 0.6 is 0 Å². The van der Waals surface area contributed by atoms with Gasteiger partial charge in [-0.15, -0.1) is 0 Å². The molecule has 2 atom stereocenters. The third-order valence-electron chi connectivity index (χ3n) is 5.80. The molecule has 3 rings (SSSR count). The highest BCUT2D eigenvalue weighted by atomic mass is 16.5. The first-order valence-electron chi connectivity index (χ1n) is 10.0. The molecule has 2 N–H and O–H groups in total. The summed E-state index contributed by atoms with van der Waals surface area (Å²) in [6.07, 6.45) is 7.96. The van der Waals surface area contributed by atoms with E-state index >= 15 is 0 Å². The Balaban J connectivity index is 1.59. The van der Waals surface area contributed by atoms with Crippen LogP contribution in [0, 0.1) is 5.92 Å². The van der Waals surface area contributed by atoms with Crippen molar-refractivity contribution in [2.45, 2.75) is 57.1 Å². The summed E-state index contributed by atoms with van der Waals surface area (Å²) in [6, 6.07) is 6.88. The van der Waals surface area contributed by atoms with Gasteiger partial charge >= 0.3 is 0 Å². The van der Waals surface area contributed by atoms with Crippen molar-refractivity contribution in [3.8, 4) is 5.75 Å². The summed E-state index contributed by atoms with van der Waals surface area (Å²) in [5.41, 5.74) is 0.598. The first-order chi connectivity index (χ1) is 12.7. The van der Waals surface area contributed by atoms with E-state index in [-0.39, 0.29) is 11.9 Å². The van der Waals surface area contributed by atoms with Gasteiger partial charge in [0.25, 0.3) is 5.91 Å². The maximum Gasteiger partial charge on any atom is 0.251 e. The minimum atomic E-state index is -0.478. The monoisotopic (exact) mass is 360 g/mol. The van der Waals surface area contributed by atoms with Crippen LogP contribution in [0.5, 0.6) is 5.75 Å². The van der Waals surface area contributed by atoms with E-state index in [1.807, 2.05) is 0 Å². The van der Waals surface area contributed by atoms with Crippen molar-refractivity contribution in [3.63, 3.8) is 0 Å². The maximum absolute atomic E-state index is 12.6. The molecule has 1 aliphatic heterocycles. The van der Waals surface area contributed by atoms with Crippen LogP contribution in [0.25, 0.3) is 0 Å². The normalized spacial score (nSPS) is 25.5. The van der Waals surface area contributed by atoms with Crippen LogP contribution < -0.4 is 10.1 Å². The Bertz CT molecular complexity index is 569. The number of methoxy groups -OCH3 is 1. The van der Waals surface area contributed by atoms with Crippen molar-refractivity contribution in [1.29, 1.82) is 0 Å². The molecule has 5 nitrogen and oxygen atoms in total. The largest absolute Gasteiger partial charge is 0.497 e. The second-order valence-electron chi connectivity index (χ2n) is 7.78. The number of likely N-dealkylation sites (tertiary alicyclic amines) is 1. The fourth-order valence-corrected chi connectivity index (χ4v) is 4.25. The smallest absolute Gasteiger partial charge is 0.251 e. The van der Waals surface area contributed by atoms with E-state index in [1.165, 1.54) is 32.1 Å². The molecule has 1 aliphatic carbocycles. The Kier molecular flexibility index (Phi) is 6.92. The number of benzene rings is 1. The molecule has 0 radical (unpaired) electrons. The first-order valence-corrected chi connectivity index (χ1v) is 10.0. The molecule has 5 heteroatoms. The fraction of sp³-hybridized carbons (Fsp3) is 0.667. The highest BCUT2D eigenvalue weighted by Crippen LogP contribution is 2.25. The van der Waals surface area contributed by atoms with E-state index in [9.17, 15) is 9.90 Å². The minimum absolute atomic E-state index is 0.129. The summed E-state index contributed by atoms with van der Waals surface area (Å²) in [4.78, 5) is 15.0. The molecule has 1 aromatic rings. The molecular weight excluding hydrogens is 328 g/mol. The number of carbonyl (C=O) groups is 1. The average molecular weight is 360 g/mol. The van der Waals surface area contributed by atoms with Crippen molar-refractivity contribution < 1.29 is 14.6 Å². The number of carbonyl (C=O) groups excluding carboxylic acids is 1. The highest BCUT2D eigenvalue weighted by Gasteiger charge is 2.28. The molecule has 0 bridgehead atoms. The lowest BCUT2D eigenvalue weighted by atomic mass is 9.89. The van der Waals surface area contributed by atoms with Gasteiger partial charge in [0.15, 0.2) is 0 Å². The third kappa shape index (κ3) is 5.21. The quantitative estimate of drug-likeness (QED) is 0.848. The highest BCUT2D eigenvalue weighted by molar-refractivity contribution is 5.94. The summed E-state index contributed by atoms with van der Waals surface area (Å²) in [6.45, 7) is 2.85. The van der Waals surface area contributed by atoms with Gasteiger partial charge in [0.05, 0.1) is 19.3 Å². The fourth-order valence-electron chi connectivity index (χ4n) is 4.25. The van der Waals surface area contributed by atoms with Crippen LogP contribution in [0.15, 0.2) is 24.3 Å². The van der Waals surface area contributed by atoms with Crippen LogP contribution in [0.3, 0.4) is 0 Å². The number of hydrogen-bond donors (Lipinski definition) is 2. The molecule has 0 spiro atoms. The van der Waals surface area contributed by atoms with Crippen molar-refractivity contribution in [1.82, 2.24) is 10.2 Å². The molecule has 0 unspecified atom stereocenters. The number of nitrogens with zero attached hydrogens (tertiary/aromatic N) is 1. The SMILES string of the molecule is COc1ccc(C(=O)N[C@H]2CN(CC3CCCCC3)CCC[C@H]2O)cc1. The molecule has 1 saturated carbocycles. The number of aliphatic hydroxyl groups is 1. The third-order valence-corrected chi connectivity index (χ3v) is 5.80. The molecule has 1 heterocycles. The zero-order chi connectivity index (χ0) is 18.4. The van der Waals surface area contributed by atoms with Gasteiger partial charge in [-0.2, -0.15) is 0 Å². The molecule has 144 valence electrons. The molecule has 2 fully saturated rings. The van der Waals surface area contributed by atoms with Gasteiger partial charge in [-0.05, 0) is 62.4 Å². The lowest BCUT2D eigenvalue weighted by Gasteiger charge is -2.31. The molecule has 1 amide bonds. The second kappa shape index (κ2) is 9.38. The predicted molar refractivity (Wildman–Crippen MR) is 103 cm³/mol. The topological polar surface area (TPSA) is 61.8 Å². The van der Waals surface area contributed by atoms with Gasteiger partial charge in [0.1, 0.15) is 5.75 Å². The van der Waals surface area contributed by atoms with Crippen LogP contribution in [-0.4, -0.2) is 54.8 Å². The van der Waals surface area contributed by atoms with E-state index in [2.05, 4.69) is 10.2 Å². The zero-order valence-electron chi connectivity index (χ0n) is 15.8. The average Bonchev–Trinajstić information content (AvgIpc) is 2.84. The molecule has 1 aromatic carbocycles. The number of nitrogens with one attached hydrogen (secondary N) is 1. The summed E-state index contributed by atoms with van der Waals surface area (Å²) in [5.74, 6) is 1.38. The zero-order valence-corrected chi connectivity index (χ0v) is 15.8. The van der Waals surface area contributed by atoms with E-state index in [0.29, 0.717) is 5.56 Å². The van der Waals surface area contributed by atoms with Crippen molar-refractivity contribution in [3.05, 3.63) is 29.8 Å². The summed E-state index contributed by atoms with van der Waals surface area (Å²) >= 11 is 0. The van der Waals surface area contributed by atoms with Gasteiger partial charge in [-0.3, -0.25) is 4.79 Å². The van der Waals surface area contributed by atoms with Crippen molar-refractivity contribution in [2.24, 2.45) is 5.92 Å². The van der Waals surface area contributed by atoms with Crippen LogP contribution in [-0.2, 0) is 0 Å². The maximum atomic E-state index is 12.6. The molecular formula is C21H32N2O3. The Morgan fingerprint density at radius 2 is 1.88 bits per heavy atom. The number of ether oxygens (including phenoxy) is 1. The van der Waals surface area contributed by atoms with Crippen molar-refractivity contribution >= 4 is 5.91 Å². The van der Waals surface area contributed by atoms with E-state index in [4.69, 9.17) is 4.74 Å². The van der Waals surface area contributed by atoms with E-state index in [0.717, 1.165) is 44.1 Å². The van der Waals surface area contributed by atoms with Crippen LogP contribution in [0.1, 0.15) is 55.3 Å². The summed E-state index contributed by atoms with van der Waals surface area (Å²) in [7, 11) is 1.61. The summed E-state index contributed by atoms with van der Waals surface area (Å²) in [5, 5.41) is 13.5. The lowest BCUT2D eigenvalue weighted by Crippen LogP contribution is -2.49. The van der Waals surface area contributed by atoms with Gasteiger partial charge < -0.3 is 20.1 Å². The van der Waals surface area contributed by atoms with Crippen LogP contribution in [0.4, 0.5) is 0 Å². The number of amides is 1. The van der Waals surface area contributed by atoms with E-state index < -0.39 is 6.10 Å². The Morgan fingerprint density at radius 1 is 1.15 bits per heavy atom. The predicted octanol–water partition coefficient (Wildman–Crippen LogP) is 2.83. The van der Waals surface area contributed by atoms with Gasteiger partial charge in [0, 0.05) is 18.7 Å². The van der Waals surface area contributed by atoms with Crippen molar-refractivity contribution in [2.75, 3.05) is 26.7 Å². The molecule has 0 aromatic heterocycles. The number of aliphatic hydroxyl groups excluding tert-OH is 1. The molecule has 1 saturated heterocycles. The molecule has 2 aliphatic rings. The number of rotatable bonds is 5. The van der Waals surface area contributed by atoms with E-state index in [1.54, 1.807) is 31.4 Å². The lowest BCUT2D eigenvalue weighted by molar-refractivity contribution is 0.0789. The van der Waals surface area contributed by atoms with Gasteiger partial charge in [0.2, 0.25) is 0 Å². The second-order valence-corrected chi connectivity index (χ2v) is 7.78. The number of hydrogen-bond acceptors (Lipinski definition) is 4. The standard InChI is InChI=1S/C21H32N2O3/c1-26-18-11-9-17(10-12-18)21(25)22-19-15-23(13-5-8-20(19)24)14-16-6-3-2-4-7-16/h9-12,16,19-20,24H,2-8,13-15H2,1H3,(H,22,25)/t19-,20+/m0/s1. The Hall–Kier alpha value is -1.59. The van der Waals surface area contributed by atoms with Crippen LogP contribution in [0.2, 0.25) is 0 Å². The summed E-state index contributed by atoms with van der Waals surface area (Å²) < 4.78 is 5.14. The first kappa shape index (κ1) is 19.2. The Morgan fingerprint density at radius 3 is 2.58 bits per heavy atom. The van der Waals surface area contributed by atoms with Gasteiger partial charge in [-0.25, -0.2) is 0 Å². The minimum Gasteiger partial charge on any atom is -0.497 e. The Labute approximate surface area is 156 Å². The van der Waals surface area contributed by atoms with Gasteiger partial charge in [-0.1, -0.05) is 19.3 Å². The molecule has 26 heavy (non-hydrogen) atoms.